The van der Waals surface area contributed by atoms with Gasteiger partial charge in [0, 0.05) is 16.8 Å². The Bertz CT molecular complexity index is 860. The lowest BCUT2D eigenvalue weighted by molar-refractivity contribution is -0.306. The second-order valence-corrected chi connectivity index (χ2v) is 12.7. The number of fused-ring (bicyclic) bond motifs is 5. The largest absolute Gasteiger partial charge is 0.550 e. The maximum absolute atomic E-state index is 11.8. The van der Waals surface area contributed by atoms with Gasteiger partial charge in [0.1, 0.15) is 18.3 Å². The number of hydrogen-bond donors (Lipinski definition) is 0. The molecule has 0 heterocycles. The molecule has 0 aromatic rings. The van der Waals surface area contributed by atoms with E-state index in [9.17, 15) is 24.3 Å². The second kappa shape index (κ2) is 9.97. The molecule has 36 heavy (non-hydrogen) atoms. The fraction of sp³-hybridized carbons (Fsp3) is 0.857. The SMILES string of the molecule is C[C@H](CCC(=O)[O-])C1CCC2[C@]1(C)[C@@H](OC=O)C[C@@H]1[C@@]3(C)CC[C@@H](OC=O)C[C@H]3C[C@@H](OC=O)[C@@]21C. The highest BCUT2D eigenvalue weighted by atomic mass is 16.5. The summed E-state index contributed by atoms with van der Waals surface area (Å²) >= 11 is 0. The van der Waals surface area contributed by atoms with E-state index in [2.05, 4.69) is 27.7 Å². The average molecular weight is 506 g/mol. The Morgan fingerprint density at radius 1 is 0.889 bits per heavy atom. The first-order valence-corrected chi connectivity index (χ1v) is 13.5. The van der Waals surface area contributed by atoms with Crippen LogP contribution in [0.2, 0.25) is 0 Å². The van der Waals surface area contributed by atoms with Crippen LogP contribution in [-0.2, 0) is 33.4 Å². The quantitative estimate of drug-likeness (QED) is 0.328. The van der Waals surface area contributed by atoms with Crippen molar-refractivity contribution in [3.63, 3.8) is 0 Å². The molecule has 4 fully saturated rings. The first kappa shape index (κ1) is 26.9. The number of carboxylic acid groups (broad SMARTS) is 1. The summed E-state index contributed by atoms with van der Waals surface area (Å²) in [4.78, 5) is 45.7. The number of carbonyl (C=O) groups excluding carboxylic acids is 4. The molecule has 0 radical (unpaired) electrons. The van der Waals surface area contributed by atoms with Crippen molar-refractivity contribution in [2.75, 3.05) is 0 Å². The zero-order valence-corrected chi connectivity index (χ0v) is 22.0. The Kier molecular flexibility index (Phi) is 7.46. The summed E-state index contributed by atoms with van der Waals surface area (Å²) in [6.07, 6.45) is 5.48. The molecular formula is C28H41O8-. The Balaban J connectivity index is 1.74. The predicted octanol–water partition coefficient (Wildman–Crippen LogP) is 3.05. The van der Waals surface area contributed by atoms with Crippen LogP contribution in [0.3, 0.4) is 0 Å². The number of carbonyl (C=O) groups is 4. The van der Waals surface area contributed by atoms with Gasteiger partial charge in [-0.15, -0.1) is 0 Å². The van der Waals surface area contributed by atoms with Gasteiger partial charge in [0.2, 0.25) is 0 Å². The van der Waals surface area contributed by atoms with Crippen LogP contribution in [-0.4, -0.2) is 43.7 Å². The lowest BCUT2D eigenvalue weighted by Crippen LogP contribution is -2.68. The van der Waals surface area contributed by atoms with E-state index in [0.717, 1.165) is 38.5 Å². The number of rotatable bonds is 10. The lowest BCUT2D eigenvalue weighted by atomic mass is 9.37. The number of ether oxygens (including phenoxy) is 3. The molecule has 0 saturated heterocycles. The van der Waals surface area contributed by atoms with E-state index >= 15 is 0 Å². The summed E-state index contributed by atoms with van der Waals surface area (Å²) in [6.45, 7) is 10.6. The van der Waals surface area contributed by atoms with Gasteiger partial charge in [-0.3, -0.25) is 14.4 Å². The maximum atomic E-state index is 11.8. The minimum atomic E-state index is -1.04. The van der Waals surface area contributed by atoms with Crippen molar-refractivity contribution >= 4 is 25.4 Å². The van der Waals surface area contributed by atoms with Crippen molar-refractivity contribution in [1.82, 2.24) is 0 Å². The Morgan fingerprint density at radius 3 is 2.14 bits per heavy atom. The van der Waals surface area contributed by atoms with Crippen molar-refractivity contribution in [2.45, 2.75) is 104 Å². The monoisotopic (exact) mass is 505 g/mol. The van der Waals surface area contributed by atoms with Gasteiger partial charge in [0.15, 0.2) is 0 Å². The van der Waals surface area contributed by atoms with Crippen LogP contribution in [0.25, 0.3) is 0 Å². The van der Waals surface area contributed by atoms with Crippen LogP contribution in [0.5, 0.6) is 0 Å². The van der Waals surface area contributed by atoms with Gasteiger partial charge in [0.25, 0.3) is 19.4 Å². The van der Waals surface area contributed by atoms with E-state index in [4.69, 9.17) is 14.2 Å². The third-order valence-electron chi connectivity index (χ3n) is 11.6. The summed E-state index contributed by atoms with van der Waals surface area (Å²) < 4.78 is 17.1. The van der Waals surface area contributed by atoms with E-state index in [-0.39, 0.29) is 70.6 Å². The maximum Gasteiger partial charge on any atom is 0.293 e. The third-order valence-corrected chi connectivity index (χ3v) is 11.6. The van der Waals surface area contributed by atoms with Gasteiger partial charge in [-0.25, -0.2) is 0 Å². The molecule has 11 atom stereocenters. The highest BCUT2D eigenvalue weighted by Crippen LogP contribution is 2.73. The summed E-state index contributed by atoms with van der Waals surface area (Å²) in [6, 6.07) is 0. The molecule has 0 bridgehead atoms. The van der Waals surface area contributed by atoms with E-state index < -0.39 is 5.97 Å². The van der Waals surface area contributed by atoms with Crippen molar-refractivity contribution in [3.8, 4) is 0 Å². The van der Waals surface area contributed by atoms with Crippen LogP contribution in [0.4, 0.5) is 0 Å². The number of carboxylic acids is 1. The van der Waals surface area contributed by atoms with E-state index in [1.54, 1.807) is 0 Å². The Hall–Kier alpha value is -2.12. The molecule has 4 aliphatic rings. The van der Waals surface area contributed by atoms with Gasteiger partial charge in [0.05, 0.1) is 0 Å². The number of hydrogen-bond acceptors (Lipinski definition) is 8. The van der Waals surface area contributed by atoms with Gasteiger partial charge in [-0.05, 0) is 92.8 Å². The van der Waals surface area contributed by atoms with E-state index in [0.29, 0.717) is 32.3 Å². The lowest BCUT2D eigenvalue weighted by Gasteiger charge is -2.68. The summed E-state index contributed by atoms with van der Waals surface area (Å²) in [5.74, 6) is -0.202. The smallest absolute Gasteiger partial charge is 0.293 e. The topological polar surface area (TPSA) is 119 Å². The first-order valence-electron chi connectivity index (χ1n) is 13.5. The van der Waals surface area contributed by atoms with Crippen LogP contribution in [0.1, 0.15) is 85.5 Å². The molecule has 0 spiro atoms. The zero-order chi connectivity index (χ0) is 26.3. The number of aliphatic carboxylic acids is 1. The van der Waals surface area contributed by atoms with Gasteiger partial charge < -0.3 is 24.1 Å². The third kappa shape index (κ3) is 4.03. The fourth-order valence-electron chi connectivity index (χ4n) is 9.97. The molecular weight excluding hydrogens is 464 g/mol. The molecule has 8 heteroatoms. The van der Waals surface area contributed by atoms with Crippen LogP contribution >= 0.6 is 0 Å². The molecule has 202 valence electrons. The van der Waals surface area contributed by atoms with Crippen molar-refractivity contribution in [1.29, 1.82) is 0 Å². The molecule has 4 rings (SSSR count). The normalized spacial score (nSPS) is 46.3. The van der Waals surface area contributed by atoms with Gasteiger partial charge in [-0.2, -0.15) is 0 Å². The van der Waals surface area contributed by atoms with Crippen LogP contribution in [0, 0.1) is 45.8 Å². The van der Waals surface area contributed by atoms with E-state index in [1.807, 2.05) is 0 Å². The first-order chi connectivity index (χ1) is 17.1. The van der Waals surface area contributed by atoms with Gasteiger partial charge in [-0.1, -0.05) is 27.7 Å². The van der Waals surface area contributed by atoms with Crippen molar-refractivity contribution < 1.29 is 38.5 Å². The van der Waals surface area contributed by atoms with Crippen LogP contribution < -0.4 is 5.11 Å². The minimum Gasteiger partial charge on any atom is -0.550 e. The second-order valence-electron chi connectivity index (χ2n) is 12.7. The highest BCUT2D eigenvalue weighted by Gasteiger charge is 2.72. The Labute approximate surface area is 213 Å². The predicted molar refractivity (Wildman–Crippen MR) is 127 cm³/mol. The standard InChI is InChI=1S/C28H42O8/c1-17(5-8-25(32)33)20-6-7-21-27(20,3)24(36-16-31)13-22-26(2)10-9-19(34-14-29)11-18(26)12-23(35-15-30)28(21,22)4/h14-24H,5-13H2,1-4H3,(H,32,33)/p-1/t17-,18+,19-,20?,21?,22-,23-,24+,26+,27-,28+/m1/s1. The molecule has 0 aliphatic heterocycles. The Morgan fingerprint density at radius 2 is 1.53 bits per heavy atom. The summed E-state index contributed by atoms with van der Waals surface area (Å²) in [5, 5.41) is 11.2. The minimum absolute atomic E-state index is 0.0121. The molecule has 0 N–H and O–H groups in total. The van der Waals surface area contributed by atoms with E-state index in [1.165, 1.54) is 0 Å². The molecule has 2 unspecified atom stereocenters. The summed E-state index contributed by atoms with van der Waals surface area (Å²) in [5.41, 5.74) is -0.737. The zero-order valence-electron chi connectivity index (χ0n) is 22.0. The molecule has 4 aliphatic carbocycles. The van der Waals surface area contributed by atoms with Gasteiger partial charge >= 0.3 is 0 Å². The highest BCUT2D eigenvalue weighted by molar-refractivity contribution is 5.64. The molecule has 0 aromatic carbocycles. The van der Waals surface area contributed by atoms with Crippen molar-refractivity contribution in [2.24, 2.45) is 45.8 Å². The fourth-order valence-corrected chi connectivity index (χ4v) is 9.97. The molecule has 8 nitrogen and oxygen atoms in total. The summed E-state index contributed by atoms with van der Waals surface area (Å²) in [7, 11) is 0. The van der Waals surface area contributed by atoms with Crippen molar-refractivity contribution in [3.05, 3.63) is 0 Å². The van der Waals surface area contributed by atoms with Crippen LogP contribution in [0.15, 0.2) is 0 Å². The molecule has 4 saturated carbocycles. The molecule has 0 amide bonds. The average Bonchev–Trinajstić information content (AvgIpc) is 3.20. The molecule has 0 aromatic heterocycles.